The molecule has 3 aromatic rings. The van der Waals surface area contributed by atoms with E-state index in [9.17, 15) is 9.59 Å². The van der Waals surface area contributed by atoms with Crippen LogP contribution in [0.15, 0.2) is 50.9 Å². The minimum absolute atomic E-state index is 0.0908. The predicted molar refractivity (Wildman–Crippen MR) is 135 cm³/mol. The highest BCUT2D eigenvalue weighted by Crippen LogP contribution is 2.30. The standard InChI is InChI=1S/C26H30N4O4S/c1-18-16-27-26(35-14-11-29-9-12-33-13-10-29)28-24(18)19-5-4-8-30(17-19)25(32)23-15-21(31)20-6-2-3-7-22(20)34-23/h2-3,6-7,15-16,19H,4-5,8-14,17H2,1H3/t19-/m1/s1. The monoisotopic (exact) mass is 494 g/mol. The number of amides is 1. The minimum Gasteiger partial charge on any atom is -0.451 e. The molecule has 0 saturated carbocycles. The van der Waals surface area contributed by atoms with E-state index in [0.29, 0.717) is 24.1 Å². The molecule has 0 bridgehead atoms. The van der Waals surface area contributed by atoms with E-state index in [-0.39, 0.29) is 23.0 Å². The van der Waals surface area contributed by atoms with Crippen LogP contribution in [0.1, 0.15) is 40.6 Å². The number of aryl methyl sites for hydroxylation is 1. The smallest absolute Gasteiger partial charge is 0.289 e. The van der Waals surface area contributed by atoms with Gasteiger partial charge in [-0.1, -0.05) is 23.9 Å². The van der Waals surface area contributed by atoms with Gasteiger partial charge in [0.05, 0.1) is 24.3 Å². The van der Waals surface area contributed by atoms with Gasteiger partial charge in [-0.3, -0.25) is 14.5 Å². The summed E-state index contributed by atoms with van der Waals surface area (Å²) in [5.74, 6) is 0.901. The lowest BCUT2D eigenvalue weighted by Crippen LogP contribution is -2.39. The second-order valence-corrected chi connectivity index (χ2v) is 10.1. The first-order valence-corrected chi connectivity index (χ1v) is 13.2. The summed E-state index contributed by atoms with van der Waals surface area (Å²) in [6.07, 6.45) is 3.72. The van der Waals surface area contributed by atoms with E-state index in [1.165, 1.54) is 6.07 Å². The van der Waals surface area contributed by atoms with Gasteiger partial charge in [0, 0.05) is 56.7 Å². The van der Waals surface area contributed by atoms with Crippen LogP contribution >= 0.6 is 11.8 Å². The van der Waals surface area contributed by atoms with Crippen LogP contribution < -0.4 is 5.43 Å². The van der Waals surface area contributed by atoms with Gasteiger partial charge in [0.1, 0.15) is 5.58 Å². The largest absolute Gasteiger partial charge is 0.451 e. The van der Waals surface area contributed by atoms with Crippen LogP contribution in [0, 0.1) is 6.92 Å². The van der Waals surface area contributed by atoms with Gasteiger partial charge >= 0.3 is 0 Å². The van der Waals surface area contributed by atoms with Gasteiger partial charge < -0.3 is 14.1 Å². The van der Waals surface area contributed by atoms with Crippen LogP contribution in [-0.2, 0) is 4.74 Å². The Bertz CT molecular complexity index is 1260. The van der Waals surface area contributed by atoms with E-state index < -0.39 is 0 Å². The first-order valence-electron chi connectivity index (χ1n) is 12.2. The average Bonchev–Trinajstić information content (AvgIpc) is 2.90. The molecule has 0 N–H and O–H groups in total. The number of benzene rings is 1. The molecule has 2 saturated heterocycles. The summed E-state index contributed by atoms with van der Waals surface area (Å²) < 4.78 is 11.2. The molecular formula is C26H30N4O4S. The number of ether oxygens (including phenoxy) is 1. The topological polar surface area (TPSA) is 88.8 Å². The zero-order valence-corrected chi connectivity index (χ0v) is 20.8. The molecule has 1 amide bonds. The van der Waals surface area contributed by atoms with Crippen molar-refractivity contribution in [2.75, 3.05) is 51.7 Å². The fourth-order valence-corrected chi connectivity index (χ4v) is 5.58. The number of para-hydroxylation sites is 1. The summed E-state index contributed by atoms with van der Waals surface area (Å²) in [6.45, 7) is 7.75. The lowest BCUT2D eigenvalue weighted by Gasteiger charge is -2.32. The van der Waals surface area contributed by atoms with E-state index in [1.807, 2.05) is 13.1 Å². The molecule has 5 rings (SSSR count). The molecule has 9 heteroatoms. The third-order valence-electron chi connectivity index (χ3n) is 6.67. The first-order chi connectivity index (χ1) is 17.1. The number of carbonyl (C=O) groups is 1. The van der Waals surface area contributed by atoms with Gasteiger partial charge in [-0.25, -0.2) is 9.97 Å². The minimum atomic E-state index is -0.246. The molecule has 0 spiro atoms. The lowest BCUT2D eigenvalue weighted by molar-refractivity contribution is 0.0410. The molecule has 1 atom stereocenters. The number of fused-ring (bicyclic) bond motifs is 1. The van der Waals surface area contributed by atoms with Gasteiger partial charge in [0.2, 0.25) is 0 Å². The van der Waals surface area contributed by atoms with Crippen molar-refractivity contribution in [2.24, 2.45) is 0 Å². The molecule has 2 aliphatic heterocycles. The van der Waals surface area contributed by atoms with Crippen molar-refractivity contribution < 1.29 is 13.9 Å². The molecule has 184 valence electrons. The Morgan fingerprint density at radius 3 is 2.89 bits per heavy atom. The first kappa shape index (κ1) is 24.0. The Hall–Kier alpha value is -2.75. The van der Waals surface area contributed by atoms with Crippen LogP contribution in [0.3, 0.4) is 0 Å². The van der Waals surface area contributed by atoms with Crippen LogP contribution in [0.25, 0.3) is 11.0 Å². The van der Waals surface area contributed by atoms with E-state index >= 15 is 0 Å². The molecule has 2 aromatic heterocycles. The van der Waals surface area contributed by atoms with Crippen molar-refractivity contribution in [3.8, 4) is 0 Å². The number of aromatic nitrogens is 2. The second-order valence-electron chi connectivity index (χ2n) is 9.08. The third kappa shape index (κ3) is 5.58. The molecule has 2 fully saturated rings. The number of piperidine rings is 1. The Kier molecular flexibility index (Phi) is 7.46. The van der Waals surface area contributed by atoms with Gasteiger partial charge in [-0.05, 0) is 37.5 Å². The second kappa shape index (κ2) is 10.9. The summed E-state index contributed by atoms with van der Waals surface area (Å²) in [4.78, 5) is 39.4. The zero-order chi connectivity index (χ0) is 24.2. The number of nitrogens with zero attached hydrogens (tertiary/aromatic N) is 4. The molecule has 4 heterocycles. The highest BCUT2D eigenvalue weighted by Gasteiger charge is 2.29. The number of morpholine rings is 1. The van der Waals surface area contributed by atoms with Gasteiger partial charge in [0.25, 0.3) is 5.91 Å². The van der Waals surface area contributed by atoms with E-state index in [1.54, 1.807) is 40.9 Å². The van der Waals surface area contributed by atoms with Crippen LogP contribution in [0.5, 0.6) is 0 Å². The number of carbonyl (C=O) groups excluding carboxylic acids is 1. The Balaban J connectivity index is 1.27. The maximum atomic E-state index is 13.3. The molecule has 0 radical (unpaired) electrons. The van der Waals surface area contributed by atoms with Crippen molar-refractivity contribution in [2.45, 2.75) is 30.8 Å². The van der Waals surface area contributed by atoms with Gasteiger partial charge in [-0.15, -0.1) is 0 Å². The maximum Gasteiger partial charge on any atom is 0.289 e. The Labute approximate surface area is 208 Å². The van der Waals surface area contributed by atoms with Crippen molar-refractivity contribution in [3.63, 3.8) is 0 Å². The number of hydrogen-bond donors (Lipinski definition) is 0. The summed E-state index contributed by atoms with van der Waals surface area (Å²) >= 11 is 1.67. The van der Waals surface area contributed by atoms with Crippen LogP contribution in [0.2, 0.25) is 0 Å². The van der Waals surface area contributed by atoms with Crippen molar-refractivity contribution >= 4 is 28.6 Å². The molecular weight excluding hydrogens is 464 g/mol. The van der Waals surface area contributed by atoms with E-state index in [2.05, 4.69) is 9.88 Å². The fourth-order valence-electron chi connectivity index (χ4n) is 4.76. The molecule has 2 aliphatic rings. The molecule has 1 aromatic carbocycles. The predicted octanol–water partition coefficient (Wildman–Crippen LogP) is 3.34. The number of hydrogen-bond acceptors (Lipinski definition) is 8. The summed E-state index contributed by atoms with van der Waals surface area (Å²) in [5.41, 5.74) is 2.28. The number of rotatable bonds is 6. The number of likely N-dealkylation sites (tertiary alicyclic amines) is 1. The lowest BCUT2D eigenvalue weighted by atomic mass is 9.92. The molecule has 0 aliphatic carbocycles. The van der Waals surface area contributed by atoms with Gasteiger partial charge in [-0.2, -0.15) is 0 Å². The molecule has 0 unspecified atom stereocenters. The highest BCUT2D eigenvalue weighted by molar-refractivity contribution is 7.99. The van der Waals surface area contributed by atoms with Crippen molar-refractivity contribution in [3.05, 3.63) is 63.8 Å². The third-order valence-corrected chi connectivity index (χ3v) is 7.51. The maximum absolute atomic E-state index is 13.3. The molecule has 8 nitrogen and oxygen atoms in total. The Morgan fingerprint density at radius 2 is 2.03 bits per heavy atom. The average molecular weight is 495 g/mol. The Morgan fingerprint density at radius 1 is 1.20 bits per heavy atom. The SMILES string of the molecule is Cc1cnc(SCCN2CCOCC2)nc1[C@@H]1CCCN(C(=O)c2cc(=O)c3ccccc3o2)C1. The van der Waals surface area contributed by atoms with Crippen LogP contribution in [0.4, 0.5) is 0 Å². The fraction of sp³-hybridized carbons (Fsp3) is 0.462. The van der Waals surface area contributed by atoms with Gasteiger partial charge in [0.15, 0.2) is 16.3 Å². The quantitative estimate of drug-likeness (QED) is 0.381. The summed E-state index contributed by atoms with van der Waals surface area (Å²) in [5, 5.41) is 1.26. The van der Waals surface area contributed by atoms with Crippen molar-refractivity contribution in [1.82, 2.24) is 19.8 Å². The van der Waals surface area contributed by atoms with Crippen molar-refractivity contribution in [1.29, 1.82) is 0 Å². The highest BCUT2D eigenvalue weighted by atomic mass is 32.2. The number of thioether (sulfide) groups is 1. The molecule has 35 heavy (non-hydrogen) atoms. The summed E-state index contributed by atoms with van der Waals surface area (Å²) in [7, 11) is 0. The van der Waals surface area contributed by atoms with Crippen LogP contribution in [-0.4, -0.2) is 77.4 Å². The normalized spacial score (nSPS) is 19.2. The summed E-state index contributed by atoms with van der Waals surface area (Å²) in [6, 6.07) is 8.32. The zero-order valence-electron chi connectivity index (χ0n) is 19.9. The van der Waals surface area contributed by atoms with E-state index in [4.69, 9.17) is 14.1 Å². The van der Waals surface area contributed by atoms with E-state index in [0.717, 1.165) is 67.9 Å².